The molecular weight excluding hydrogens is 300 g/mol. The van der Waals surface area contributed by atoms with Crippen molar-refractivity contribution in [3.63, 3.8) is 0 Å². The van der Waals surface area contributed by atoms with E-state index in [1.807, 2.05) is 42.2 Å². The normalized spacial score (nSPS) is 15.4. The van der Waals surface area contributed by atoms with Gasteiger partial charge in [0.25, 0.3) is 5.91 Å². The molecule has 3 rings (SSSR count). The quantitative estimate of drug-likeness (QED) is 0.859. The van der Waals surface area contributed by atoms with Crippen molar-refractivity contribution in [3.8, 4) is 17.0 Å². The van der Waals surface area contributed by atoms with Gasteiger partial charge in [0.15, 0.2) is 0 Å². The first-order valence-corrected chi connectivity index (χ1v) is 8.50. The van der Waals surface area contributed by atoms with Crippen molar-refractivity contribution >= 4 is 5.91 Å². The maximum absolute atomic E-state index is 12.7. The van der Waals surface area contributed by atoms with Gasteiger partial charge in [-0.3, -0.25) is 4.79 Å². The van der Waals surface area contributed by atoms with E-state index < -0.39 is 0 Å². The molecule has 4 heteroatoms. The average Bonchev–Trinajstić information content (AvgIpc) is 2.62. The summed E-state index contributed by atoms with van der Waals surface area (Å²) in [5, 5.41) is 0. The standard InChI is InChI=1S/C20H24N2O2/c1-14-9-11-22(12-10-14)20(23)18-6-4-5-17(21-18)16-7-8-19(24-3)15(2)13-16/h4-8,13-14H,9-12H2,1-3H3. The number of rotatable bonds is 3. The van der Waals surface area contributed by atoms with E-state index in [1.54, 1.807) is 13.2 Å². The zero-order chi connectivity index (χ0) is 17.1. The molecule has 0 unspecified atom stereocenters. The summed E-state index contributed by atoms with van der Waals surface area (Å²) in [5.74, 6) is 1.60. The van der Waals surface area contributed by atoms with Gasteiger partial charge in [0.05, 0.1) is 12.8 Å². The second-order valence-electron chi connectivity index (χ2n) is 6.57. The lowest BCUT2D eigenvalue weighted by atomic mass is 9.99. The molecule has 4 nitrogen and oxygen atoms in total. The zero-order valence-corrected chi connectivity index (χ0v) is 14.6. The molecule has 0 bridgehead atoms. The number of piperidine rings is 1. The van der Waals surface area contributed by atoms with Crippen LogP contribution >= 0.6 is 0 Å². The molecule has 0 atom stereocenters. The lowest BCUT2D eigenvalue weighted by molar-refractivity contribution is 0.0691. The number of carbonyl (C=O) groups is 1. The number of hydrogen-bond donors (Lipinski definition) is 0. The van der Waals surface area contributed by atoms with Crippen molar-refractivity contribution in [3.05, 3.63) is 47.7 Å². The van der Waals surface area contributed by atoms with E-state index >= 15 is 0 Å². The van der Waals surface area contributed by atoms with Crippen molar-refractivity contribution in [1.82, 2.24) is 9.88 Å². The van der Waals surface area contributed by atoms with Crippen LogP contribution in [0.25, 0.3) is 11.3 Å². The molecule has 0 radical (unpaired) electrons. The van der Waals surface area contributed by atoms with Crippen LogP contribution in [0.3, 0.4) is 0 Å². The Bertz CT molecular complexity index is 734. The summed E-state index contributed by atoms with van der Waals surface area (Å²) in [6.07, 6.45) is 2.15. The van der Waals surface area contributed by atoms with Crippen LogP contribution in [0.15, 0.2) is 36.4 Å². The minimum atomic E-state index is 0.0361. The van der Waals surface area contributed by atoms with E-state index in [1.165, 1.54) is 0 Å². The first kappa shape index (κ1) is 16.5. The summed E-state index contributed by atoms with van der Waals surface area (Å²) in [6, 6.07) is 11.6. The molecule has 1 aromatic carbocycles. The lowest BCUT2D eigenvalue weighted by Crippen LogP contribution is -2.38. The highest BCUT2D eigenvalue weighted by molar-refractivity contribution is 5.93. The fraction of sp³-hybridized carbons (Fsp3) is 0.400. The predicted octanol–water partition coefficient (Wildman–Crippen LogP) is 3.94. The number of pyridine rings is 1. The van der Waals surface area contributed by atoms with E-state index in [9.17, 15) is 4.79 Å². The minimum absolute atomic E-state index is 0.0361. The SMILES string of the molecule is COc1ccc(-c2cccc(C(=O)N3CCC(C)CC3)n2)cc1C. The number of aryl methyl sites for hydroxylation is 1. The smallest absolute Gasteiger partial charge is 0.272 e. The third kappa shape index (κ3) is 3.42. The van der Waals surface area contributed by atoms with Crippen molar-refractivity contribution in [2.45, 2.75) is 26.7 Å². The fourth-order valence-electron chi connectivity index (χ4n) is 3.13. The topological polar surface area (TPSA) is 42.4 Å². The van der Waals surface area contributed by atoms with E-state index in [0.717, 1.165) is 48.5 Å². The van der Waals surface area contributed by atoms with Crippen LogP contribution in [0.2, 0.25) is 0 Å². The van der Waals surface area contributed by atoms with Crippen LogP contribution < -0.4 is 4.74 Å². The van der Waals surface area contributed by atoms with Gasteiger partial charge < -0.3 is 9.64 Å². The Balaban J connectivity index is 1.84. The minimum Gasteiger partial charge on any atom is -0.496 e. The Morgan fingerprint density at radius 3 is 2.62 bits per heavy atom. The van der Waals surface area contributed by atoms with Crippen LogP contribution in [0.1, 0.15) is 35.8 Å². The average molecular weight is 324 g/mol. The number of carbonyl (C=O) groups excluding carboxylic acids is 1. The Morgan fingerprint density at radius 1 is 1.21 bits per heavy atom. The highest BCUT2D eigenvalue weighted by atomic mass is 16.5. The van der Waals surface area contributed by atoms with Gasteiger partial charge in [-0.25, -0.2) is 4.98 Å². The summed E-state index contributed by atoms with van der Waals surface area (Å²) in [4.78, 5) is 19.2. The van der Waals surface area contributed by atoms with Crippen LogP contribution in [0.4, 0.5) is 0 Å². The second kappa shape index (κ2) is 7.04. The molecule has 1 amide bonds. The molecule has 0 aliphatic carbocycles. The van der Waals surface area contributed by atoms with Gasteiger partial charge in [0.1, 0.15) is 11.4 Å². The van der Waals surface area contributed by atoms with Crippen molar-refractivity contribution in [1.29, 1.82) is 0 Å². The molecule has 2 heterocycles. The largest absolute Gasteiger partial charge is 0.496 e. The molecular formula is C20H24N2O2. The molecule has 0 saturated carbocycles. The highest BCUT2D eigenvalue weighted by Crippen LogP contribution is 2.25. The van der Waals surface area contributed by atoms with Gasteiger partial charge in [0, 0.05) is 18.7 Å². The van der Waals surface area contributed by atoms with Gasteiger partial charge >= 0.3 is 0 Å². The van der Waals surface area contributed by atoms with Crippen LogP contribution in [-0.4, -0.2) is 36.0 Å². The molecule has 1 aliphatic heterocycles. The summed E-state index contributed by atoms with van der Waals surface area (Å²) < 4.78 is 5.30. The number of aromatic nitrogens is 1. The van der Waals surface area contributed by atoms with Gasteiger partial charge in [-0.05, 0) is 61.6 Å². The fourth-order valence-corrected chi connectivity index (χ4v) is 3.13. The number of hydrogen-bond acceptors (Lipinski definition) is 3. The Morgan fingerprint density at radius 2 is 1.96 bits per heavy atom. The Labute approximate surface area is 143 Å². The van der Waals surface area contributed by atoms with Crippen molar-refractivity contribution < 1.29 is 9.53 Å². The lowest BCUT2D eigenvalue weighted by Gasteiger charge is -2.30. The number of ether oxygens (including phenoxy) is 1. The first-order chi connectivity index (χ1) is 11.6. The predicted molar refractivity (Wildman–Crippen MR) is 95.3 cm³/mol. The van der Waals surface area contributed by atoms with Crippen LogP contribution in [0, 0.1) is 12.8 Å². The monoisotopic (exact) mass is 324 g/mol. The molecule has 24 heavy (non-hydrogen) atoms. The molecule has 0 spiro atoms. The highest BCUT2D eigenvalue weighted by Gasteiger charge is 2.22. The Kier molecular flexibility index (Phi) is 4.84. The van der Waals surface area contributed by atoms with Gasteiger partial charge in [-0.15, -0.1) is 0 Å². The third-order valence-corrected chi connectivity index (χ3v) is 4.73. The van der Waals surface area contributed by atoms with Crippen LogP contribution in [0.5, 0.6) is 5.75 Å². The molecule has 1 aromatic heterocycles. The molecule has 1 saturated heterocycles. The first-order valence-electron chi connectivity index (χ1n) is 8.50. The number of nitrogens with zero attached hydrogens (tertiary/aromatic N) is 2. The third-order valence-electron chi connectivity index (χ3n) is 4.73. The molecule has 126 valence electrons. The van der Waals surface area contributed by atoms with Crippen molar-refractivity contribution in [2.75, 3.05) is 20.2 Å². The van der Waals surface area contributed by atoms with E-state index in [0.29, 0.717) is 11.6 Å². The molecule has 1 fully saturated rings. The number of benzene rings is 1. The summed E-state index contributed by atoms with van der Waals surface area (Å²) >= 11 is 0. The summed E-state index contributed by atoms with van der Waals surface area (Å²) in [6.45, 7) is 5.90. The number of likely N-dealkylation sites (tertiary alicyclic amines) is 1. The summed E-state index contributed by atoms with van der Waals surface area (Å²) in [5.41, 5.74) is 3.39. The second-order valence-corrected chi connectivity index (χ2v) is 6.57. The maximum atomic E-state index is 12.7. The molecule has 2 aromatic rings. The van der Waals surface area contributed by atoms with Crippen molar-refractivity contribution in [2.24, 2.45) is 5.92 Å². The van der Waals surface area contributed by atoms with Gasteiger partial charge in [0.2, 0.25) is 0 Å². The van der Waals surface area contributed by atoms with E-state index in [4.69, 9.17) is 4.74 Å². The maximum Gasteiger partial charge on any atom is 0.272 e. The zero-order valence-electron chi connectivity index (χ0n) is 14.6. The van der Waals surface area contributed by atoms with Crippen LogP contribution in [-0.2, 0) is 0 Å². The van der Waals surface area contributed by atoms with Gasteiger partial charge in [-0.2, -0.15) is 0 Å². The number of amides is 1. The number of methoxy groups -OCH3 is 1. The molecule has 1 aliphatic rings. The molecule has 0 N–H and O–H groups in total. The van der Waals surface area contributed by atoms with E-state index in [2.05, 4.69) is 11.9 Å². The summed E-state index contributed by atoms with van der Waals surface area (Å²) in [7, 11) is 1.67. The Hall–Kier alpha value is -2.36. The van der Waals surface area contributed by atoms with Gasteiger partial charge in [-0.1, -0.05) is 13.0 Å². The van der Waals surface area contributed by atoms with E-state index in [-0.39, 0.29) is 5.91 Å².